The first-order chi connectivity index (χ1) is 8.16. The molecule has 1 N–H and O–H groups in total. The first-order valence-corrected chi connectivity index (χ1v) is 5.22. The van der Waals surface area contributed by atoms with E-state index in [-0.39, 0.29) is 11.5 Å². The van der Waals surface area contributed by atoms with Gasteiger partial charge in [0, 0.05) is 0 Å². The van der Waals surface area contributed by atoms with E-state index in [1.54, 1.807) is 30.3 Å². The van der Waals surface area contributed by atoms with Crippen LogP contribution >= 0.6 is 0 Å². The van der Waals surface area contributed by atoms with Crippen molar-refractivity contribution in [2.24, 2.45) is 0 Å². The quantitative estimate of drug-likeness (QED) is 0.485. The Hall–Kier alpha value is -2.23. The first-order valence-electron chi connectivity index (χ1n) is 5.22. The van der Waals surface area contributed by atoms with E-state index in [1.165, 1.54) is 18.4 Å². The van der Waals surface area contributed by atoms with Gasteiger partial charge in [0.05, 0.1) is 11.8 Å². The van der Waals surface area contributed by atoms with E-state index >= 15 is 0 Å². The zero-order valence-corrected chi connectivity index (χ0v) is 9.38. The summed E-state index contributed by atoms with van der Waals surface area (Å²) in [5, 5.41) is 9.58. The van der Waals surface area contributed by atoms with E-state index in [4.69, 9.17) is 4.42 Å². The summed E-state index contributed by atoms with van der Waals surface area (Å²) >= 11 is 0. The Morgan fingerprint density at radius 3 is 2.88 bits per heavy atom. The maximum Gasteiger partial charge on any atom is 0.189 e. The Kier molecular flexibility index (Phi) is 3.14. The molecule has 3 nitrogen and oxygen atoms in total. The molecule has 0 saturated carbocycles. The fraction of sp³-hybridized carbons (Fsp3) is 0. The van der Waals surface area contributed by atoms with Gasteiger partial charge in [-0.3, -0.25) is 4.79 Å². The van der Waals surface area contributed by atoms with Gasteiger partial charge in [0.2, 0.25) is 0 Å². The van der Waals surface area contributed by atoms with Gasteiger partial charge >= 0.3 is 0 Å². The average Bonchev–Trinajstić information content (AvgIpc) is 2.82. The molecule has 84 valence electrons. The molecule has 17 heavy (non-hydrogen) atoms. The number of benzene rings is 1. The highest BCUT2D eigenvalue weighted by Gasteiger charge is 2.07. The highest BCUT2D eigenvalue weighted by Crippen LogP contribution is 2.16. The maximum atomic E-state index is 11.8. The van der Waals surface area contributed by atoms with Crippen LogP contribution in [0.3, 0.4) is 0 Å². The second-order valence-corrected chi connectivity index (χ2v) is 3.73. The molecule has 0 fully saturated rings. The SMILES string of the molecule is Bc1ccc(O)c(C(=O)/C=C/c2ccco2)c1. The van der Waals surface area contributed by atoms with Crippen LogP contribution < -0.4 is 5.46 Å². The van der Waals surface area contributed by atoms with Crippen LogP contribution in [0.4, 0.5) is 0 Å². The topological polar surface area (TPSA) is 50.4 Å². The van der Waals surface area contributed by atoms with Crippen molar-refractivity contribution in [2.75, 3.05) is 0 Å². The zero-order valence-electron chi connectivity index (χ0n) is 9.38. The van der Waals surface area contributed by atoms with Crippen molar-refractivity contribution in [3.05, 3.63) is 54.0 Å². The minimum absolute atomic E-state index is 0.00954. The molecule has 0 saturated heterocycles. The summed E-state index contributed by atoms with van der Waals surface area (Å²) in [4.78, 5) is 11.8. The fourth-order valence-electron chi connectivity index (χ4n) is 1.48. The third-order valence-electron chi connectivity index (χ3n) is 2.36. The molecule has 0 aliphatic carbocycles. The number of hydrogen-bond acceptors (Lipinski definition) is 3. The molecular weight excluding hydrogens is 215 g/mol. The molecule has 1 heterocycles. The van der Waals surface area contributed by atoms with Crippen LogP contribution in [0.2, 0.25) is 0 Å². The number of allylic oxidation sites excluding steroid dienone is 1. The molecule has 0 aliphatic rings. The number of phenols is 1. The van der Waals surface area contributed by atoms with E-state index in [0.29, 0.717) is 11.3 Å². The van der Waals surface area contributed by atoms with Crippen molar-refractivity contribution in [1.82, 2.24) is 0 Å². The van der Waals surface area contributed by atoms with Crippen LogP contribution in [0, 0.1) is 0 Å². The Morgan fingerprint density at radius 1 is 1.35 bits per heavy atom. The average molecular weight is 226 g/mol. The lowest BCUT2D eigenvalue weighted by Crippen LogP contribution is -2.05. The van der Waals surface area contributed by atoms with Crippen molar-refractivity contribution in [1.29, 1.82) is 0 Å². The van der Waals surface area contributed by atoms with Gasteiger partial charge in [-0.2, -0.15) is 0 Å². The van der Waals surface area contributed by atoms with Crippen LogP contribution in [0.1, 0.15) is 16.1 Å². The fourth-order valence-corrected chi connectivity index (χ4v) is 1.48. The lowest BCUT2D eigenvalue weighted by atomic mass is 9.93. The Labute approximate surface area is 99.8 Å². The number of ketones is 1. The molecule has 0 radical (unpaired) electrons. The predicted molar refractivity (Wildman–Crippen MR) is 68.4 cm³/mol. The molecule has 2 aromatic rings. The molecule has 0 atom stereocenters. The normalized spacial score (nSPS) is 10.8. The monoisotopic (exact) mass is 226 g/mol. The Balaban J connectivity index is 2.23. The Bertz CT molecular complexity index is 556. The predicted octanol–water partition coefficient (Wildman–Crippen LogP) is 1.14. The molecule has 0 amide bonds. The van der Waals surface area contributed by atoms with Crippen molar-refractivity contribution < 1.29 is 14.3 Å². The van der Waals surface area contributed by atoms with Gasteiger partial charge in [-0.25, -0.2) is 0 Å². The second kappa shape index (κ2) is 4.74. The van der Waals surface area contributed by atoms with Gasteiger partial charge in [0.1, 0.15) is 19.4 Å². The molecular formula is C13H11BO3. The summed E-state index contributed by atoms with van der Waals surface area (Å²) in [6.45, 7) is 0. The van der Waals surface area contributed by atoms with Crippen molar-refractivity contribution in [2.45, 2.75) is 0 Å². The van der Waals surface area contributed by atoms with E-state index in [0.717, 1.165) is 5.46 Å². The van der Waals surface area contributed by atoms with E-state index in [9.17, 15) is 9.90 Å². The number of aromatic hydroxyl groups is 1. The number of carbonyl (C=O) groups is 1. The number of phenolic OH excluding ortho intramolecular Hbond substituents is 1. The largest absolute Gasteiger partial charge is 0.507 e. The van der Waals surface area contributed by atoms with Gasteiger partial charge in [-0.05, 0) is 30.4 Å². The summed E-state index contributed by atoms with van der Waals surface area (Å²) in [7, 11) is 1.87. The number of rotatable bonds is 3. The maximum absolute atomic E-state index is 11.8. The van der Waals surface area contributed by atoms with E-state index in [1.807, 2.05) is 7.85 Å². The van der Waals surface area contributed by atoms with E-state index in [2.05, 4.69) is 0 Å². The number of carbonyl (C=O) groups excluding carboxylic acids is 1. The summed E-state index contributed by atoms with van der Waals surface area (Å²) in [5.74, 6) is 0.345. The van der Waals surface area contributed by atoms with Crippen molar-refractivity contribution in [3.63, 3.8) is 0 Å². The Morgan fingerprint density at radius 2 is 2.18 bits per heavy atom. The molecule has 2 rings (SSSR count). The lowest BCUT2D eigenvalue weighted by molar-refractivity contribution is 0.104. The van der Waals surface area contributed by atoms with Gasteiger partial charge in [0.15, 0.2) is 5.78 Å². The third kappa shape index (κ3) is 2.66. The van der Waals surface area contributed by atoms with Crippen LogP contribution in [0.25, 0.3) is 6.08 Å². The standard InChI is InChI=1S/C13H11BO3/c14-9-3-5-12(15)11(8-9)13(16)6-4-10-2-1-7-17-10/h1-8,15H,14H2/b6-4+. The van der Waals surface area contributed by atoms with Gasteiger partial charge in [-0.15, -0.1) is 0 Å². The molecule has 0 spiro atoms. The molecule has 4 heteroatoms. The van der Waals surface area contributed by atoms with Crippen molar-refractivity contribution >= 4 is 25.2 Å². The highest BCUT2D eigenvalue weighted by molar-refractivity contribution is 6.33. The van der Waals surface area contributed by atoms with Gasteiger partial charge < -0.3 is 9.52 Å². The number of hydrogen-bond donors (Lipinski definition) is 1. The highest BCUT2D eigenvalue weighted by atomic mass is 16.3. The van der Waals surface area contributed by atoms with Crippen LogP contribution in [-0.2, 0) is 0 Å². The zero-order chi connectivity index (χ0) is 12.3. The summed E-state index contributed by atoms with van der Waals surface area (Å²) < 4.78 is 5.07. The molecule has 0 unspecified atom stereocenters. The molecule has 1 aromatic carbocycles. The third-order valence-corrected chi connectivity index (χ3v) is 2.36. The summed E-state index contributed by atoms with van der Waals surface area (Å²) in [6.07, 6.45) is 4.49. The second-order valence-electron chi connectivity index (χ2n) is 3.73. The van der Waals surface area contributed by atoms with E-state index < -0.39 is 0 Å². The van der Waals surface area contributed by atoms with Crippen LogP contribution in [0.5, 0.6) is 5.75 Å². The minimum Gasteiger partial charge on any atom is -0.507 e. The summed E-state index contributed by atoms with van der Waals surface area (Å²) in [5.41, 5.74) is 1.23. The molecule has 1 aromatic heterocycles. The number of furan rings is 1. The van der Waals surface area contributed by atoms with Crippen LogP contribution in [-0.4, -0.2) is 18.7 Å². The minimum atomic E-state index is -0.248. The van der Waals surface area contributed by atoms with Crippen LogP contribution in [0.15, 0.2) is 47.1 Å². The van der Waals surface area contributed by atoms with Crippen molar-refractivity contribution in [3.8, 4) is 5.75 Å². The molecule has 0 bridgehead atoms. The van der Waals surface area contributed by atoms with Gasteiger partial charge in [0.25, 0.3) is 0 Å². The smallest absolute Gasteiger partial charge is 0.189 e. The summed E-state index contributed by atoms with van der Waals surface area (Å²) in [6, 6.07) is 8.42. The lowest BCUT2D eigenvalue weighted by Gasteiger charge is -2.01. The van der Waals surface area contributed by atoms with Gasteiger partial charge in [-0.1, -0.05) is 17.6 Å². The molecule has 0 aliphatic heterocycles. The first kappa shape index (κ1) is 11.3.